The highest BCUT2D eigenvalue weighted by molar-refractivity contribution is 5.48. The fraction of sp³-hybridized carbons (Fsp3) is 0.667. The predicted octanol–water partition coefficient (Wildman–Crippen LogP) is 2.50. The minimum absolute atomic E-state index is 0.653. The molecule has 1 saturated carbocycles. The summed E-state index contributed by atoms with van der Waals surface area (Å²) in [4.78, 5) is 7.14. The van der Waals surface area contributed by atoms with Crippen LogP contribution in [-0.2, 0) is 0 Å². The van der Waals surface area contributed by atoms with Crippen LogP contribution in [0.3, 0.4) is 0 Å². The van der Waals surface area contributed by atoms with Crippen molar-refractivity contribution in [3.05, 3.63) is 23.9 Å². The van der Waals surface area contributed by atoms with E-state index in [1.807, 2.05) is 12.3 Å². The summed E-state index contributed by atoms with van der Waals surface area (Å²) in [5.74, 6) is 1.20. The zero-order valence-electron chi connectivity index (χ0n) is 11.2. The van der Waals surface area contributed by atoms with Crippen molar-refractivity contribution in [1.29, 1.82) is 0 Å². The molecular weight excluding hydrogens is 222 g/mol. The first-order valence-corrected chi connectivity index (χ1v) is 7.26. The molecule has 18 heavy (non-hydrogen) atoms. The molecule has 1 saturated heterocycles. The molecule has 0 amide bonds. The van der Waals surface area contributed by atoms with Crippen LogP contribution in [0.25, 0.3) is 0 Å². The molecule has 3 nitrogen and oxygen atoms in total. The zero-order valence-corrected chi connectivity index (χ0v) is 11.2. The molecule has 3 rings (SSSR count). The molecule has 1 aromatic rings. The molecule has 2 aliphatic rings. The van der Waals surface area contributed by atoms with E-state index in [4.69, 9.17) is 0 Å². The Kier molecular flexibility index (Phi) is 3.50. The number of rotatable bonds is 4. The van der Waals surface area contributed by atoms with Gasteiger partial charge in [-0.05, 0) is 50.8 Å². The van der Waals surface area contributed by atoms with Gasteiger partial charge < -0.3 is 10.2 Å². The lowest BCUT2D eigenvalue weighted by molar-refractivity contribution is 0.397. The second kappa shape index (κ2) is 5.27. The van der Waals surface area contributed by atoms with Crippen molar-refractivity contribution in [2.45, 2.75) is 51.1 Å². The molecular formula is C15H23N3. The van der Waals surface area contributed by atoms with E-state index in [9.17, 15) is 0 Å². The van der Waals surface area contributed by atoms with E-state index in [0.717, 1.165) is 12.6 Å². The number of nitrogens with one attached hydrogen (secondary N) is 1. The number of anilines is 1. The fourth-order valence-corrected chi connectivity index (χ4v) is 2.89. The molecule has 1 atom stereocenters. The molecule has 1 aliphatic heterocycles. The maximum absolute atomic E-state index is 4.60. The van der Waals surface area contributed by atoms with Gasteiger partial charge in [-0.1, -0.05) is 12.5 Å². The Bertz CT molecular complexity index is 394. The van der Waals surface area contributed by atoms with Crippen molar-refractivity contribution < 1.29 is 0 Å². The first kappa shape index (κ1) is 12.0. The maximum Gasteiger partial charge on any atom is 0.131 e. The highest BCUT2D eigenvalue weighted by atomic mass is 15.2. The van der Waals surface area contributed by atoms with Crippen molar-refractivity contribution in [1.82, 2.24) is 10.3 Å². The van der Waals surface area contributed by atoms with Gasteiger partial charge >= 0.3 is 0 Å². The largest absolute Gasteiger partial charge is 0.352 e. The van der Waals surface area contributed by atoms with Gasteiger partial charge in [-0.25, -0.2) is 4.98 Å². The highest BCUT2D eigenvalue weighted by Crippen LogP contribution is 2.32. The van der Waals surface area contributed by atoms with Crippen molar-refractivity contribution >= 4 is 5.82 Å². The number of nitrogens with zero attached hydrogens (tertiary/aromatic N) is 2. The highest BCUT2D eigenvalue weighted by Gasteiger charge is 2.32. The van der Waals surface area contributed by atoms with Crippen LogP contribution in [0.1, 0.15) is 37.7 Å². The third kappa shape index (κ3) is 2.66. The zero-order chi connectivity index (χ0) is 12.4. The molecule has 1 unspecified atom stereocenters. The Hall–Kier alpha value is -1.09. The van der Waals surface area contributed by atoms with E-state index in [1.165, 1.54) is 50.0 Å². The molecule has 0 bridgehead atoms. The Morgan fingerprint density at radius 3 is 2.89 bits per heavy atom. The van der Waals surface area contributed by atoms with Gasteiger partial charge in [0.1, 0.15) is 5.82 Å². The Morgan fingerprint density at radius 2 is 2.22 bits per heavy atom. The van der Waals surface area contributed by atoms with Crippen LogP contribution in [0.5, 0.6) is 0 Å². The molecule has 0 aromatic carbocycles. The maximum atomic E-state index is 4.60. The van der Waals surface area contributed by atoms with Crippen LogP contribution >= 0.6 is 0 Å². The molecule has 1 aromatic heterocycles. The van der Waals surface area contributed by atoms with Crippen LogP contribution in [0.4, 0.5) is 5.82 Å². The van der Waals surface area contributed by atoms with Gasteiger partial charge in [0.05, 0.1) is 0 Å². The third-order valence-electron chi connectivity index (χ3n) is 4.07. The number of aryl methyl sites for hydroxylation is 1. The van der Waals surface area contributed by atoms with Crippen LogP contribution in [-0.4, -0.2) is 30.2 Å². The van der Waals surface area contributed by atoms with Crippen molar-refractivity contribution in [3.8, 4) is 0 Å². The van der Waals surface area contributed by atoms with Gasteiger partial charge in [-0.2, -0.15) is 0 Å². The molecule has 2 fully saturated rings. The Balaban J connectivity index is 1.73. The number of aromatic nitrogens is 1. The van der Waals surface area contributed by atoms with Gasteiger partial charge in [0, 0.05) is 24.8 Å². The summed E-state index contributed by atoms with van der Waals surface area (Å²) in [7, 11) is 0. The average Bonchev–Trinajstić information content (AvgIpc) is 3.23. The summed E-state index contributed by atoms with van der Waals surface area (Å²) in [6, 6.07) is 5.59. The first-order valence-electron chi connectivity index (χ1n) is 7.26. The topological polar surface area (TPSA) is 28.2 Å². The van der Waals surface area contributed by atoms with Crippen LogP contribution in [0.15, 0.2) is 18.3 Å². The van der Waals surface area contributed by atoms with Gasteiger partial charge in [-0.15, -0.1) is 0 Å². The lowest BCUT2D eigenvalue weighted by atomic mass is 10.0. The van der Waals surface area contributed by atoms with Crippen molar-refractivity contribution in [2.24, 2.45) is 0 Å². The molecule has 2 heterocycles. The van der Waals surface area contributed by atoms with Crippen LogP contribution in [0.2, 0.25) is 0 Å². The molecule has 1 aliphatic carbocycles. The predicted molar refractivity (Wildman–Crippen MR) is 75.0 cm³/mol. The minimum atomic E-state index is 0.653. The standard InChI is InChI=1S/C15H23N3/c1-12-5-4-10-17-15(12)18(14-7-8-14)11-13-6-2-3-9-16-13/h4-5,10,13-14,16H,2-3,6-9,11H2,1H3. The summed E-state index contributed by atoms with van der Waals surface area (Å²) in [5.41, 5.74) is 1.31. The smallest absolute Gasteiger partial charge is 0.131 e. The van der Waals surface area contributed by atoms with Gasteiger partial charge in [0.2, 0.25) is 0 Å². The van der Waals surface area contributed by atoms with E-state index >= 15 is 0 Å². The molecule has 3 heteroatoms. The fourth-order valence-electron chi connectivity index (χ4n) is 2.89. The number of hydrogen-bond acceptors (Lipinski definition) is 3. The van der Waals surface area contributed by atoms with E-state index < -0.39 is 0 Å². The van der Waals surface area contributed by atoms with Crippen LogP contribution in [0, 0.1) is 6.92 Å². The summed E-state index contributed by atoms with van der Waals surface area (Å²) < 4.78 is 0. The van der Waals surface area contributed by atoms with E-state index in [-0.39, 0.29) is 0 Å². The minimum Gasteiger partial charge on any atom is -0.352 e. The summed E-state index contributed by atoms with van der Waals surface area (Å²) in [6.07, 6.45) is 8.62. The second-order valence-electron chi connectivity index (χ2n) is 5.67. The normalized spacial score (nSPS) is 23.9. The molecule has 1 N–H and O–H groups in total. The molecule has 0 radical (unpaired) electrons. The van der Waals surface area contributed by atoms with Crippen molar-refractivity contribution in [3.63, 3.8) is 0 Å². The third-order valence-corrected chi connectivity index (χ3v) is 4.07. The molecule has 0 spiro atoms. The first-order chi connectivity index (χ1) is 8.84. The van der Waals surface area contributed by atoms with E-state index in [0.29, 0.717) is 6.04 Å². The lowest BCUT2D eigenvalue weighted by Gasteiger charge is -2.32. The number of hydrogen-bond donors (Lipinski definition) is 1. The van der Waals surface area contributed by atoms with E-state index in [1.54, 1.807) is 0 Å². The Morgan fingerprint density at radius 1 is 1.33 bits per heavy atom. The summed E-state index contributed by atoms with van der Waals surface area (Å²) in [5, 5.41) is 3.65. The average molecular weight is 245 g/mol. The van der Waals surface area contributed by atoms with Gasteiger partial charge in [0.25, 0.3) is 0 Å². The number of piperidine rings is 1. The van der Waals surface area contributed by atoms with Gasteiger partial charge in [0.15, 0.2) is 0 Å². The van der Waals surface area contributed by atoms with Crippen LogP contribution < -0.4 is 10.2 Å². The Labute approximate surface area is 110 Å². The lowest BCUT2D eigenvalue weighted by Crippen LogP contribution is -2.45. The summed E-state index contributed by atoms with van der Waals surface area (Å²) >= 11 is 0. The monoisotopic (exact) mass is 245 g/mol. The van der Waals surface area contributed by atoms with E-state index in [2.05, 4.69) is 28.2 Å². The van der Waals surface area contributed by atoms with Gasteiger partial charge in [-0.3, -0.25) is 0 Å². The van der Waals surface area contributed by atoms with Crippen molar-refractivity contribution in [2.75, 3.05) is 18.0 Å². The SMILES string of the molecule is Cc1cccnc1N(CC1CCCCN1)C1CC1. The second-order valence-corrected chi connectivity index (χ2v) is 5.67. The quantitative estimate of drug-likeness (QED) is 0.883. The summed E-state index contributed by atoms with van der Waals surface area (Å²) in [6.45, 7) is 4.49. The molecule has 98 valence electrons. The number of pyridine rings is 1.